The zero-order valence-electron chi connectivity index (χ0n) is 11.0. The fourth-order valence-electron chi connectivity index (χ4n) is 2.02. The first-order valence-corrected chi connectivity index (χ1v) is 6.01. The third kappa shape index (κ3) is 2.91. The maximum Gasteiger partial charge on any atom is 0.248 e. The van der Waals surface area contributed by atoms with Crippen molar-refractivity contribution in [1.82, 2.24) is 10.4 Å². The van der Waals surface area contributed by atoms with Gasteiger partial charge in [0.25, 0.3) is 0 Å². The van der Waals surface area contributed by atoms with Crippen LogP contribution in [0.1, 0.15) is 5.56 Å². The third-order valence-electron chi connectivity index (χ3n) is 3.14. The molecule has 1 fully saturated rings. The number of carbonyl (C=O) groups is 2. The van der Waals surface area contributed by atoms with Crippen LogP contribution in [-0.2, 0) is 21.0 Å². The highest BCUT2D eigenvalue weighted by Crippen LogP contribution is 2.22. The van der Waals surface area contributed by atoms with Gasteiger partial charge in [-0.3, -0.25) is 14.5 Å². The number of amides is 2. The van der Waals surface area contributed by atoms with Crippen LogP contribution >= 0.6 is 0 Å². The molecule has 0 spiro atoms. The molecule has 6 heteroatoms. The lowest BCUT2D eigenvalue weighted by Gasteiger charge is -2.33. The number of rotatable bonds is 4. The Bertz CT molecular complexity index is 472. The summed E-state index contributed by atoms with van der Waals surface area (Å²) in [5, 5.41) is 0. The number of anilines is 1. The van der Waals surface area contributed by atoms with Crippen molar-refractivity contribution in [2.45, 2.75) is 6.54 Å². The molecule has 1 saturated heterocycles. The molecule has 102 valence electrons. The van der Waals surface area contributed by atoms with E-state index in [0.29, 0.717) is 6.54 Å². The molecule has 0 aromatic heterocycles. The molecule has 0 atom stereocenters. The van der Waals surface area contributed by atoms with Crippen LogP contribution in [-0.4, -0.2) is 44.0 Å². The molecule has 19 heavy (non-hydrogen) atoms. The van der Waals surface area contributed by atoms with Gasteiger partial charge in [0, 0.05) is 19.3 Å². The number of benzene rings is 1. The molecule has 1 heterocycles. The van der Waals surface area contributed by atoms with Gasteiger partial charge in [-0.25, -0.2) is 0 Å². The van der Waals surface area contributed by atoms with Gasteiger partial charge in [0.1, 0.15) is 0 Å². The summed E-state index contributed by atoms with van der Waals surface area (Å²) in [7, 11) is 3.06. The summed E-state index contributed by atoms with van der Waals surface area (Å²) in [6.45, 7) is 0.944. The normalized spacial score (nSPS) is 16.1. The van der Waals surface area contributed by atoms with E-state index in [9.17, 15) is 9.59 Å². The molecule has 1 aliphatic rings. The standard InChI is InChI=1S/C13H17N3O3/c1-15-12(17)8-16(9-13(15)18)11-6-4-3-5-10(11)7-14-19-2/h3-6,14H,7-9H2,1-2H3. The topological polar surface area (TPSA) is 61.9 Å². The second-order valence-electron chi connectivity index (χ2n) is 4.36. The van der Waals surface area contributed by atoms with Gasteiger partial charge in [-0.15, -0.1) is 0 Å². The number of hydrogen-bond donors (Lipinski definition) is 1. The molecule has 0 bridgehead atoms. The summed E-state index contributed by atoms with van der Waals surface area (Å²) in [6.07, 6.45) is 0. The van der Waals surface area contributed by atoms with Crippen LogP contribution in [0.5, 0.6) is 0 Å². The van der Waals surface area contributed by atoms with Crippen LogP contribution in [0.25, 0.3) is 0 Å². The first kappa shape index (κ1) is 13.5. The Balaban J connectivity index is 2.22. The van der Waals surface area contributed by atoms with Crippen molar-refractivity contribution in [3.8, 4) is 0 Å². The van der Waals surface area contributed by atoms with Crippen molar-refractivity contribution < 1.29 is 14.4 Å². The fourth-order valence-corrected chi connectivity index (χ4v) is 2.02. The van der Waals surface area contributed by atoms with Crippen LogP contribution in [0.15, 0.2) is 24.3 Å². The molecule has 0 aliphatic carbocycles. The molecule has 0 unspecified atom stereocenters. The number of hydroxylamine groups is 1. The van der Waals surface area contributed by atoms with E-state index in [1.165, 1.54) is 11.9 Å². The lowest BCUT2D eigenvalue weighted by Crippen LogP contribution is -2.52. The monoisotopic (exact) mass is 263 g/mol. The lowest BCUT2D eigenvalue weighted by atomic mass is 10.1. The average Bonchev–Trinajstić information content (AvgIpc) is 2.42. The van der Waals surface area contributed by atoms with Crippen molar-refractivity contribution in [3.05, 3.63) is 29.8 Å². The first-order valence-electron chi connectivity index (χ1n) is 6.01. The van der Waals surface area contributed by atoms with Gasteiger partial charge in [0.15, 0.2) is 0 Å². The molecule has 0 radical (unpaired) electrons. The second-order valence-corrected chi connectivity index (χ2v) is 4.36. The van der Waals surface area contributed by atoms with Gasteiger partial charge in [-0.05, 0) is 11.6 Å². The van der Waals surface area contributed by atoms with Gasteiger partial charge >= 0.3 is 0 Å². The molecule has 2 amide bonds. The largest absolute Gasteiger partial charge is 0.353 e. The van der Waals surface area contributed by atoms with Crippen molar-refractivity contribution >= 4 is 17.5 Å². The minimum atomic E-state index is -0.189. The molecular formula is C13H17N3O3. The van der Waals surface area contributed by atoms with E-state index < -0.39 is 0 Å². The maximum atomic E-state index is 11.7. The Morgan fingerprint density at radius 2 is 1.84 bits per heavy atom. The van der Waals surface area contributed by atoms with Crippen molar-refractivity contribution in [3.63, 3.8) is 0 Å². The fraction of sp³-hybridized carbons (Fsp3) is 0.385. The lowest BCUT2D eigenvalue weighted by molar-refractivity contribution is -0.143. The minimum Gasteiger partial charge on any atom is -0.353 e. The zero-order valence-corrected chi connectivity index (χ0v) is 11.0. The molecule has 1 aromatic carbocycles. The Morgan fingerprint density at radius 3 is 2.47 bits per heavy atom. The van der Waals surface area contributed by atoms with Crippen LogP contribution in [0.2, 0.25) is 0 Å². The van der Waals surface area contributed by atoms with E-state index in [1.54, 1.807) is 12.0 Å². The van der Waals surface area contributed by atoms with Gasteiger partial charge in [0.2, 0.25) is 11.8 Å². The minimum absolute atomic E-state index is 0.189. The summed E-state index contributed by atoms with van der Waals surface area (Å²) in [6, 6.07) is 7.64. The van der Waals surface area contributed by atoms with Crippen LogP contribution < -0.4 is 10.4 Å². The number of imide groups is 1. The number of piperazine rings is 1. The summed E-state index contributed by atoms with van der Waals surface area (Å²) >= 11 is 0. The SMILES string of the molecule is CONCc1ccccc1N1CC(=O)N(C)C(=O)C1. The molecule has 2 rings (SSSR count). The number of carbonyl (C=O) groups excluding carboxylic acids is 2. The number of hydrogen-bond acceptors (Lipinski definition) is 5. The van der Waals surface area contributed by atoms with Crippen molar-refractivity contribution in [2.24, 2.45) is 0 Å². The van der Waals surface area contributed by atoms with E-state index in [0.717, 1.165) is 11.3 Å². The molecule has 1 aromatic rings. The quantitative estimate of drug-likeness (QED) is 0.618. The smallest absolute Gasteiger partial charge is 0.248 e. The van der Waals surface area contributed by atoms with E-state index in [4.69, 9.17) is 4.84 Å². The predicted octanol–water partition coefficient (Wildman–Crippen LogP) is 0.143. The molecule has 6 nitrogen and oxygen atoms in total. The first-order chi connectivity index (χ1) is 9.13. The molecule has 0 saturated carbocycles. The summed E-state index contributed by atoms with van der Waals surface area (Å²) < 4.78 is 0. The van der Waals surface area contributed by atoms with E-state index >= 15 is 0 Å². The Kier molecular flexibility index (Phi) is 4.13. The zero-order chi connectivity index (χ0) is 13.8. The Labute approximate surface area is 111 Å². The number of nitrogens with zero attached hydrogens (tertiary/aromatic N) is 2. The summed E-state index contributed by atoms with van der Waals surface area (Å²) in [5.41, 5.74) is 4.63. The maximum absolute atomic E-state index is 11.7. The molecule has 1 N–H and O–H groups in total. The average molecular weight is 263 g/mol. The summed E-state index contributed by atoms with van der Waals surface area (Å²) in [4.78, 5) is 31.3. The van der Waals surface area contributed by atoms with Gasteiger partial charge in [-0.2, -0.15) is 5.48 Å². The van der Waals surface area contributed by atoms with E-state index in [1.807, 2.05) is 24.3 Å². The Morgan fingerprint density at radius 1 is 1.21 bits per heavy atom. The number of nitrogens with one attached hydrogen (secondary N) is 1. The summed E-state index contributed by atoms with van der Waals surface area (Å²) in [5.74, 6) is -0.378. The molecule has 1 aliphatic heterocycles. The number of likely N-dealkylation sites (N-methyl/N-ethyl adjacent to an activating group) is 1. The predicted molar refractivity (Wildman–Crippen MR) is 70.3 cm³/mol. The Hall–Kier alpha value is -1.92. The molecular weight excluding hydrogens is 246 g/mol. The van der Waals surface area contributed by atoms with Gasteiger partial charge in [0.05, 0.1) is 20.2 Å². The van der Waals surface area contributed by atoms with Crippen LogP contribution in [0.4, 0.5) is 5.69 Å². The highest BCUT2D eigenvalue weighted by Gasteiger charge is 2.28. The number of para-hydroxylation sites is 1. The third-order valence-corrected chi connectivity index (χ3v) is 3.14. The van der Waals surface area contributed by atoms with Crippen molar-refractivity contribution in [2.75, 3.05) is 32.1 Å². The van der Waals surface area contributed by atoms with Crippen LogP contribution in [0.3, 0.4) is 0 Å². The van der Waals surface area contributed by atoms with Gasteiger partial charge in [-0.1, -0.05) is 18.2 Å². The van der Waals surface area contributed by atoms with Crippen LogP contribution in [0, 0.1) is 0 Å². The van der Waals surface area contributed by atoms with Gasteiger partial charge < -0.3 is 9.74 Å². The highest BCUT2D eigenvalue weighted by atomic mass is 16.6. The second kappa shape index (κ2) is 5.81. The van der Waals surface area contributed by atoms with Crippen molar-refractivity contribution in [1.29, 1.82) is 0 Å². The van der Waals surface area contributed by atoms with E-state index in [-0.39, 0.29) is 24.9 Å². The highest BCUT2D eigenvalue weighted by molar-refractivity contribution is 6.02. The van der Waals surface area contributed by atoms with E-state index in [2.05, 4.69) is 5.48 Å².